The molecule has 0 saturated heterocycles. The van der Waals surface area contributed by atoms with Crippen molar-refractivity contribution in [3.05, 3.63) is 47.4 Å². The second kappa shape index (κ2) is 6.96. The number of nitrogens with zero attached hydrogens (tertiary/aromatic N) is 2. The van der Waals surface area contributed by atoms with Crippen molar-refractivity contribution in [2.24, 2.45) is 0 Å². The molecule has 2 rings (SSSR count). The van der Waals surface area contributed by atoms with Crippen LogP contribution in [-0.4, -0.2) is 24.4 Å². The van der Waals surface area contributed by atoms with Crippen molar-refractivity contribution >= 4 is 5.69 Å². The lowest BCUT2D eigenvalue weighted by Gasteiger charge is -2.17. The third kappa shape index (κ3) is 3.57. The molecule has 6 heteroatoms. The maximum absolute atomic E-state index is 13.3. The van der Waals surface area contributed by atoms with Gasteiger partial charge in [0.15, 0.2) is 0 Å². The van der Waals surface area contributed by atoms with Crippen molar-refractivity contribution in [2.75, 3.05) is 19.5 Å². The first-order chi connectivity index (χ1) is 10.5. The molecule has 1 atom stereocenters. The quantitative estimate of drug-likeness (QED) is 0.890. The van der Waals surface area contributed by atoms with Crippen LogP contribution in [0.15, 0.2) is 30.3 Å². The first-order valence-electron chi connectivity index (χ1n) is 6.84. The molecule has 0 fully saturated rings. The van der Waals surface area contributed by atoms with E-state index in [1.54, 1.807) is 29.9 Å². The highest BCUT2D eigenvalue weighted by molar-refractivity contribution is 5.55. The molecular weight excluding hydrogens is 285 g/mol. The summed E-state index contributed by atoms with van der Waals surface area (Å²) in [5.41, 5.74) is 7.39. The lowest BCUT2D eigenvalue weighted by atomic mass is 10.2. The molecule has 2 N–H and O–H groups in total. The van der Waals surface area contributed by atoms with Crippen molar-refractivity contribution in [3.8, 4) is 11.9 Å². The average molecular weight is 303 g/mol. The van der Waals surface area contributed by atoms with E-state index in [4.69, 9.17) is 15.2 Å². The lowest BCUT2D eigenvalue weighted by molar-refractivity contribution is 0.0869. The Bertz CT molecular complexity index is 691. The van der Waals surface area contributed by atoms with Gasteiger partial charge in [-0.2, -0.15) is 5.26 Å². The highest BCUT2D eigenvalue weighted by Gasteiger charge is 2.17. The predicted octanol–water partition coefficient (Wildman–Crippen LogP) is 2.54. The number of nitrogen functional groups attached to an aromatic ring is 1. The Labute approximate surface area is 128 Å². The molecule has 1 aromatic heterocycles. The summed E-state index contributed by atoms with van der Waals surface area (Å²) >= 11 is 0. The van der Waals surface area contributed by atoms with Gasteiger partial charge < -0.3 is 15.2 Å². The van der Waals surface area contributed by atoms with Gasteiger partial charge in [-0.15, -0.1) is 0 Å². The van der Waals surface area contributed by atoms with Crippen molar-refractivity contribution in [1.82, 2.24) is 4.57 Å². The number of methoxy groups -OCH3 is 1. The highest BCUT2D eigenvalue weighted by Crippen LogP contribution is 2.28. The van der Waals surface area contributed by atoms with E-state index in [0.717, 1.165) is 5.56 Å². The molecule has 2 aromatic rings. The molecule has 0 aliphatic carbocycles. The minimum absolute atomic E-state index is 0.222. The Morgan fingerprint density at radius 2 is 2.18 bits per heavy atom. The molecule has 0 radical (unpaired) electrons. The number of hydrogen-bond donors (Lipinski definition) is 1. The summed E-state index contributed by atoms with van der Waals surface area (Å²) < 4.78 is 25.8. The SMILES string of the molecule is COCC(C)Oc1c(N)cc(C#N)n1Cc1cccc(F)c1. The average Bonchev–Trinajstić information content (AvgIpc) is 2.76. The van der Waals surface area contributed by atoms with Gasteiger partial charge in [0.25, 0.3) is 0 Å². The van der Waals surface area contributed by atoms with Crippen LogP contribution < -0.4 is 10.5 Å². The lowest BCUT2D eigenvalue weighted by Crippen LogP contribution is -2.20. The van der Waals surface area contributed by atoms with E-state index >= 15 is 0 Å². The molecule has 1 unspecified atom stereocenters. The fourth-order valence-corrected chi connectivity index (χ4v) is 2.21. The molecule has 116 valence electrons. The standard InChI is InChI=1S/C16H18FN3O2/c1-11(10-21-2)22-16-15(19)7-14(8-18)20(16)9-12-4-3-5-13(17)6-12/h3-7,11H,9-10,19H2,1-2H3. The van der Waals surface area contributed by atoms with E-state index in [2.05, 4.69) is 6.07 Å². The van der Waals surface area contributed by atoms with Crippen molar-refractivity contribution in [2.45, 2.75) is 19.6 Å². The summed E-state index contributed by atoms with van der Waals surface area (Å²) in [6, 6.07) is 9.82. The topological polar surface area (TPSA) is 73.2 Å². The number of nitrogens with two attached hydrogens (primary N) is 1. The minimum atomic E-state index is -0.327. The molecule has 0 saturated carbocycles. The zero-order valence-corrected chi connectivity index (χ0v) is 12.5. The molecule has 0 bridgehead atoms. The molecule has 22 heavy (non-hydrogen) atoms. The van der Waals surface area contributed by atoms with Gasteiger partial charge in [-0.3, -0.25) is 4.57 Å². The van der Waals surface area contributed by atoms with Gasteiger partial charge >= 0.3 is 0 Å². The molecule has 0 aliphatic rings. The monoisotopic (exact) mass is 303 g/mol. The minimum Gasteiger partial charge on any atom is -0.472 e. The van der Waals surface area contributed by atoms with Crippen LogP contribution in [0.25, 0.3) is 0 Å². The van der Waals surface area contributed by atoms with Crippen LogP contribution in [0.1, 0.15) is 18.2 Å². The van der Waals surface area contributed by atoms with Crippen molar-refractivity contribution < 1.29 is 13.9 Å². The summed E-state index contributed by atoms with van der Waals surface area (Å²) in [6.45, 7) is 2.54. The Balaban J connectivity index is 2.34. The van der Waals surface area contributed by atoms with Gasteiger partial charge in [0.1, 0.15) is 23.7 Å². The molecular formula is C16H18FN3O2. The first kappa shape index (κ1) is 15.9. The largest absolute Gasteiger partial charge is 0.472 e. The fourth-order valence-electron chi connectivity index (χ4n) is 2.21. The van der Waals surface area contributed by atoms with E-state index in [9.17, 15) is 9.65 Å². The van der Waals surface area contributed by atoms with Crippen molar-refractivity contribution in [1.29, 1.82) is 5.26 Å². The normalized spacial score (nSPS) is 11.9. The van der Waals surface area contributed by atoms with Crippen LogP contribution in [0.4, 0.5) is 10.1 Å². The van der Waals surface area contributed by atoms with E-state index in [0.29, 0.717) is 30.4 Å². The van der Waals surface area contributed by atoms with E-state index < -0.39 is 0 Å². The second-order valence-corrected chi connectivity index (χ2v) is 5.00. The Kier molecular flexibility index (Phi) is 5.02. The number of benzene rings is 1. The fraction of sp³-hybridized carbons (Fsp3) is 0.312. The molecule has 0 aliphatic heterocycles. The Morgan fingerprint density at radius 3 is 2.82 bits per heavy atom. The number of nitriles is 1. The van der Waals surface area contributed by atoms with E-state index in [-0.39, 0.29) is 11.9 Å². The number of hydrogen-bond acceptors (Lipinski definition) is 4. The summed E-state index contributed by atoms with van der Waals surface area (Å²) in [4.78, 5) is 0. The van der Waals surface area contributed by atoms with Gasteiger partial charge in [-0.1, -0.05) is 12.1 Å². The molecule has 0 spiro atoms. The van der Waals surface area contributed by atoms with Crippen LogP contribution in [0.3, 0.4) is 0 Å². The Morgan fingerprint density at radius 1 is 1.41 bits per heavy atom. The third-order valence-corrected chi connectivity index (χ3v) is 3.13. The number of rotatable bonds is 6. The summed E-state index contributed by atoms with van der Waals surface area (Å²) in [6.07, 6.45) is -0.222. The highest BCUT2D eigenvalue weighted by atomic mass is 19.1. The van der Waals surface area contributed by atoms with Crippen LogP contribution >= 0.6 is 0 Å². The van der Waals surface area contributed by atoms with Crippen LogP contribution in [0, 0.1) is 17.1 Å². The van der Waals surface area contributed by atoms with Crippen LogP contribution in [-0.2, 0) is 11.3 Å². The molecule has 1 heterocycles. The maximum Gasteiger partial charge on any atom is 0.219 e. The zero-order chi connectivity index (χ0) is 16.1. The van der Waals surface area contributed by atoms with Crippen LogP contribution in [0.5, 0.6) is 5.88 Å². The van der Waals surface area contributed by atoms with Gasteiger partial charge in [-0.25, -0.2) is 4.39 Å². The first-order valence-corrected chi connectivity index (χ1v) is 6.84. The maximum atomic E-state index is 13.3. The number of ether oxygens (including phenoxy) is 2. The van der Waals surface area contributed by atoms with Gasteiger partial charge in [0.2, 0.25) is 5.88 Å². The number of aromatic nitrogens is 1. The number of halogens is 1. The second-order valence-electron chi connectivity index (χ2n) is 5.00. The summed E-state index contributed by atoms with van der Waals surface area (Å²) in [7, 11) is 1.58. The predicted molar refractivity (Wildman–Crippen MR) is 81.0 cm³/mol. The zero-order valence-electron chi connectivity index (χ0n) is 12.5. The molecule has 0 amide bonds. The number of anilines is 1. The Hall–Kier alpha value is -2.52. The smallest absolute Gasteiger partial charge is 0.219 e. The third-order valence-electron chi connectivity index (χ3n) is 3.13. The van der Waals surface area contributed by atoms with Gasteiger partial charge in [0.05, 0.1) is 18.8 Å². The van der Waals surface area contributed by atoms with Gasteiger partial charge in [0, 0.05) is 13.2 Å². The summed E-state index contributed by atoms with van der Waals surface area (Å²) in [5.74, 6) is 0.0664. The van der Waals surface area contributed by atoms with Gasteiger partial charge in [-0.05, 0) is 24.6 Å². The molecule has 5 nitrogen and oxygen atoms in total. The summed E-state index contributed by atoms with van der Waals surface area (Å²) in [5, 5.41) is 9.25. The van der Waals surface area contributed by atoms with E-state index in [1.807, 2.05) is 6.92 Å². The van der Waals surface area contributed by atoms with Crippen molar-refractivity contribution in [3.63, 3.8) is 0 Å². The van der Waals surface area contributed by atoms with E-state index in [1.165, 1.54) is 12.1 Å². The molecule has 1 aromatic carbocycles. The van der Waals surface area contributed by atoms with Crippen LogP contribution in [0.2, 0.25) is 0 Å².